The summed E-state index contributed by atoms with van der Waals surface area (Å²) in [6, 6.07) is 47.1. The molecular weight excluding hydrogens is 781 g/mol. The number of aryl methyl sites for hydroxylation is 2. The van der Waals surface area contributed by atoms with E-state index in [1.54, 1.807) is 0 Å². The Balaban J connectivity index is 1.03. The van der Waals surface area contributed by atoms with Crippen molar-refractivity contribution in [3.05, 3.63) is 204 Å². The molecule has 0 saturated carbocycles. The lowest BCUT2D eigenvalue weighted by Gasteiger charge is -2.27. The number of fused-ring (bicyclic) bond motifs is 10. The van der Waals surface area contributed by atoms with Crippen LogP contribution in [0.15, 0.2) is 180 Å². The Morgan fingerprint density at radius 3 is 2.19 bits per heavy atom. The number of allylic oxidation sites excluding steroid dienone is 6. The zero-order valence-electron chi connectivity index (χ0n) is 35.5. The molecule has 0 bridgehead atoms. The van der Waals surface area contributed by atoms with Crippen molar-refractivity contribution >= 4 is 72.4 Å². The number of nitrogens with zero attached hydrogens (tertiary/aromatic N) is 6. The number of aliphatic imine (C=N–C) groups is 2. The first-order chi connectivity index (χ1) is 31.7. The van der Waals surface area contributed by atoms with Crippen molar-refractivity contribution in [2.45, 2.75) is 51.0 Å². The Kier molecular flexibility index (Phi) is 8.64. The van der Waals surface area contributed by atoms with Crippen LogP contribution in [0.25, 0.3) is 77.3 Å². The van der Waals surface area contributed by atoms with Gasteiger partial charge >= 0.3 is 0 Å². The van der Waals surface area contributed by atoms with Gasteiger partial charge in [0.1, 0.15) is 0 Å². The minimum atomic E-state index is 0.0497. The zero-order chi connectivity index (χ0) is 42.1. The molecule has 306 valence electrons. The average Bonchev–Trinajstić information content (AvgIpc) is 3.89. The fraction of sp³-hybridized carbons (Fsp3) is 0.138. The standard InChI is InChI=1S/C58H44N6/c1-4-20-56-45(13-1)48-24-23-44-47(58(48)64(56)43-33-40(53-17-7-11-27-61-53)30-41(34-43)54-18-8-12-28-62-54)22-21-37-35-50-46-14-2-3-19-55(46)63(57(50)36-49(37)44)42-31-38(51-15-5-9-25-59-51)29-39(32-42)52-16-6-10-26-60-52/h1-4,7-9,11-14,16-20,23-33,35-36,43H,5-6,10,15,21-22,34H2. The van der Waals surface area contributed by atoms with Crippen molar-refractivity contribution in [1.82, 2.24) is 19.1 Å². The predicted octanol–water partition coefficient (Wildman–Crippen LogP) is 13.9. The zero-order valence-corrected chi connectivity index (χ0v) is 35.5. The normalized spacial score (nSPS) is 17.0. The summed E-state index contributed by atoms with van der Waals surface area (Å²) in [4.78, 5) is 19.5. The van der Waals surface area contributed by atoms with Gasteiger partial charge in [-0.1, -0.05) is 78.9 Å². The minimum absolute atomic E-state index is 0.0497. The molecule has 2 aliphatic carbocycles. The van der Waals surface area contributed by atoms with E-state index in [0.29, 0.717) is 0 Å². The SMILES string of the molecule is C1=CN=C(c2cc(C3=CCCC=N3)cc(-n3c4ccccc4c4cc5c(cc43)-c3ccc4c6ccccc6n(C6C=C(c7ccccn7)C=C(c7ccccn7)C6)c4c3CC5)c2)CC1. The molecule has 64 heavy (non-hydrogen) atoms. The molecule has 0 spiro atoms. The molecule has 9 aromatic rings. The number of rotatable bonds is 6. The summed E-state index contributed by atoms with van der Waals surface area (Å²) in [6.45, 7) is 0. The molecule has 5 aromatic carbocycles. The first-order valence-corrected chi connectivity index (χ1v) is 22.7. The van der Waals surface area contributed by atoms with E-state index in [1.165, 1.54) is 71.4 Å². The van der Waals surface area contributed by atoms with Gasteiger partial charge in [-0.25, -0.2) is 0 Å². The smallest absolute Gasteiger partial charge is 0.0699 e. The Labute approximate surface area is 371 Å². The molecule has 0 radical (unpaired) electrons. The van der Waals surface area contributed by atoms with Crippen LogP contribution in [-0.2, 0) is 12.8 Å². The topological polar surface area (TPSA) is 60.4 Å². The second-order valence-electron chi connectivity index (χ2n) is 17.5. The first kappa shape index (κ1) is 36.9. The van der Waals surface area contributed by atoms with Crippen LogP contribution in [-0.4, -0.2) is 31.0 Å². The molecular formula is C58H44N6. The molecule has 2 aliphatic heterocycles. The van der Waals surface area contributed by atoms with Crippen LogP contribution in [0.5, 0.6) is 0 Å². The molecule has 6 heterocycles. The van der Waals surface area contributed by atoms with Crippen molar-refractivity contribution in [3.63, 3.8) is 0 Å². The van der Waals surface area contributed by atoms with Crippen molar-refractivity contribution < 1.29 is 0 Å². The third-order valence-corrected chi connectivity index (χ3v) is 13.8. The van der Waals surface area contributed by atoms with Crippen LogP contribution in [0, 0.1) is 0 Å². The lowest BCUT2D eigenvalue weighted by atomic mass is 9.83. The van der Waals surface area contributed by atoms with Crippen LogP contribution >= 0.6 is 0 Å². The summed E-state index contributed by atoms with van der Waals surface area (Å²) < 4.78 is 5.13. The number of aromatic nitrogens is 4. The molecule has 4 aromatic heterocycles. The predicted molar refractivity (Wildman–Crippen MR) is 265 cm³/mol. The Hall–Kier alpha value is -7.70. The Bertz CT molecular complexity index is 3570. The molecule has 0 saturated heterocycles. The maximum absolute atomic E-state index is 4.89. The van der Waals surface area contributed by atoms with E-state index in [1.807, 2.05) is 30.7 Å². The van der Waals surface area contributed by atoms with E-state index in [2.05, 4.69) is 155 Å². The van der Waals surface area contributed by atoms with Gasteiger partial charge < -0.3 is 9.13 Å². The highest BCUT2D eigenvalue weighted by Crippen LogP contribution is 2.47. The van der Waals surface area contributed by atoms with Gasteiger partial charge in [0, 0.05) is 68.8 Å². The molecule has 6 nitrogen and oxygen atoms in total. The van der Waals surface area contributed by atoms with Crippen LogP contribution < -0.4 is 0 Å². The highest BCUT2D eigenvalue weighted by Gasteiger charge is 2.29. The van der Waals surface area contributed by atoms with Gasteiger partial charge in [0.15, 0.2) is 0 Å². The van der Waals surface area contributed by atoms with Crippen molar-refractivity contribution in [2.75, 3.05) is 0 Å². The van der Waals surface area contributed by atoms with E-state index in [9.17, 15) is 0 Å². The fourth-order valence-electron chi connectivity index (χ4n) is 10.9. The number of benzene rings is 5. The fourth-order valence-corrected chi connectivity index (χ4v) is 10.9. The molecule has 4 aliphatic rings. The molecule has 0 amide bonds. The van der Waals surface area contributed by atoms with E-state index in [4.69, 9.17) is 20.0 Å². The molecule has 0 fully saturated rings. The molecule has 1 unspecified atom stereocenters. The van der Waals surface area contributed by atoms with Crippen molar-refractivity contribution in [2.24, 2.45) is 9.98 Å². The third kappa shape index (κ3) is 6.00. The van der Waals surface area contributed by atoms with Crippen molar-refractivity contribution in [1.29, 1.82) is 0 Å². The summed E-state index contributed by atoms with van der Waals surface area (Å²) in [5, 5.41) is 5.15. The van der Waals surface area contributed by atoms with Gasteiger partial charge in [-0.3, -0.25) is 20.0 Å². The van der Waals surface area contributed by atoms with E-state index < -0.39 is 0 Å². The monoisotopic (exact) mass is 824 g/mol. The van der Waals surface area contributed by atoms with E-state index >= 15 is 0 Å². The van der Waals surface area contributed by atoms with Crippen LogP contribution in [0.3, 0.4) is 0 Å². The summed E-state index contributed by atoms with van der Waals surface area (Å²) in [5.41, 5.74) is 20.4. The maximum atomic E-state index is 4.89. The highest BCUT2D eigenvalue weighted by atomic mass is 15.0. The quantitative estimate of drug-likeness (QED) is 0.168. The van der Waals surface area contributed by atoms with Crippen LogP contribution in [0.2, 0.25) is 0 Å². The molecule has 6 heteroatoms. The minimum Gasteiger partial charge on any atom is -0.333 e. The molecule has 13 rings (SSSR count). The average molecular weight is 825 g/mol. The number of pyridine rings is 2. The van der Waals surface area contributed by atoms with Gasteiger partial charge in [0.2, 0.25) is 0 Å². The number of para-hydroxylation sites is 2. The Morgan fingerprint density at radius 2 is 1.39 bits per heavy atom. The van der Waals surface area contributed by atoms with Gasteiger partial charge in [-0.05, 0) is 157 Å². The van der Waals surface area contributed by atoms with Gasteiger partial charge in [-0.15, -0.1) is 0 Å². The summed E-state index contributed by atoms with van der Waals surface area (Å²) in [7, 11) is 0. The third-order valence-electron chi connectivity index (χ3n) is 13.8. The Morgan fingerprint density at radius 1 is 0.594 bits per heavy atom. The highest BCUT2D eigenvalue weighted by molar-refractivity contribution is 6.14. The second kappa shape index (κ2) is 15.0. The number of hydrogen-bond acceptors (Lipinski definition) is 4. The van der Waals surface area contributed by atoms with Gasteiger partial charge in [-0.2, -0.15) is 0 Å². The second-order valence-corrected chi connectivity index (χ2v) is 17.5. The molecule has 1 atom stereocenters. The van der Waals surface area contributed by atoms with Gasteiger partial charge in [0.05, 0.1) is 39.7 Å². The van der Waals surface area contributed by atoms with E-state index in [0.717, 1.165) is 90.1 Å². The first-order valence-electron chi connectivity index (χ1n) is 22.7. The van der Waals surface area contributed by atoms with Crippen LogP contribution in [0.1, 0.15) is 71.8 Å². The van der Waals surface area contributed by atoms with E-state index in [-0.39, 0.29) is 6.04 Å². The van der Waals surface area contributed by atoms with Crippen molar-refractivity contribution in [3.8, 4) is 16.8 Å². The van der Waals surface area contributed by atoms with Gasteiger partial charge in [0.25, 0.3) is 0 Å². The largest absolute Gasteiger partial charge is 0.333 e. The lowest BCUT2D eigenvalue weighted by molar-refractivity contribution is 0.654. The van der Waals surface area contributed by atoms with Crippen LogP contribution in [0.4, 0.5) is 0 Å². The summed E-state index contributed by atoms with van der Waals surface area (Å²) >= 11 is 0. The lowest BCUT2D eigenvalue weighted by Crippen LogP contribution is -2.14. The maximum Gasteiger partial charge on any atom is 0.0699 e. The summed E-state index contributed by atoms with van der Waals surface area (Å²) in [6.07, 6.45) is 23.6. The number of hydrogen-bond donors (Lipinski definition) is 0. The molecule has 0 N–H and O–H groups in total. The summed E-state index contributed by atoms with van der Waals surface area (Å²) in [5.74, 6) is 0.